The van der Waals surface area contributed by atoms with Gasteiger partial charge in [-0.25, -0.2) is 5.48 Å². The molecule has 0 aromatic heterocycles. The highest BCUT2D eigenvalue weighted by Gasteiger charge is 2.28. The maximum atomic E-state index is 11.5. The second-order valence-electron chi connectivity index (χ2n) is 6.72. The number of rotatable bonds is 4. The number of nitrogens with one attached hydrogen (secondary N) is 1. The van der Waals surface area contributed by atoms with Crippen molar-refractivity contribution >= 4 is 17.3 Å². The highest BCUT2D eigenvalue weighted by Crippen LogP contribution is 2.31. The van der Waals surface area contributed by atoms with Gasteiger partial charge in [0.15, 0.2) is 0 Å². The van der Waals surface area contributed by atoms with Crippen LogP contribution in [0.3, 0.4) is 0 Å². The molecule has 1 heterocycles. The van der Waals surface area contributed by atoms with E-state index < -0.39 is 10.8 Å². The Labute approximate surface area is 146 Å². The molecule has 2 fully saturated rings. The third kappa shape index (κ3) is 3.91. The molecule has 0 bridgehead atoms. The molecule has 2 N–H and O–H groups in total. The summed E-state index contributed by atoms with van der Waals surface area (Å²) < 4.78 is 0. The molecule has 0 spiro atoms. The van der Waals surface area contributed by atoms with Crippen molar-refractivity contribution in [2.75, 3.05) is 31.1 Å². The lowest BCUT2D eigenvalue weighted by molar-refractivity contribution is -0.384. The Kier molecular flexibility index (Phi) is 5.50. The van der Waals surface area contributed by atoms with E-state index in [2.05, 4.69) is 4.90 Å². The lowest BCUT2D eigenvalue weighted by atomic mass is 9.94. The normalized spacial score (nSPS) is 19.6. The fourth-order valence-electron chi connectivity index (χ4n) is 3.92. The average molecular weight is 348 g/mol. The number of hydrogen-bond donors (Lipinski definition) is 2. The van der Waals surface area contributed by atoms with Crippen LogP contribution < -0.4 is 10.4 Å². The quantitative estimate of drug-likeness (QED) is 0.491. The summed E-state index contributed by atoms with van der Waals surface area (Å²) in [4.78, 5) is 26.9. The fraction of sp³-hybridized carbons (Fsp3) is 0.588. The largest absolute Gasteiger partial charge is 0.363 e. The Bertz CT molecular complexity index is 638. The SMILES string of the molecule is O=C(NO)c1ccc(N2CCN(C3CCCCC3)CC2)c([N+](=O)[O-])c1. The van der Waals surface area contributed by atoms with Crippen LogP contribution in [0.25, 0.3) is 0 Å². The number of anilines is 1. The Morgan fingerprint density at radius 2 is 1.84 bits per heavy atom. The minimum atomic E-state index is -0.753. The second-order valence-corrected chi connectivity index (χ2v) is 6.72. The van der Waals surface area contributed by atoms with Gasteiger partial charge in [0.25, 0.3) is 11.6 Å². The molecule has 136 valence electrons. The van der Waals surface area contributed by atoms with Gasteiger partial charge in [-0.05, 0) is 25.0 Å². The van der Waals surface area contributed by atoms with E-state index in [1.165, 1.54) is 49.7 Å². The third-order valence-corrected chi connectivity index (χ3v) is 5.28. The topological polar surface area (TPSA) is 99.0 Å². The first-order valence-electron chi connectivity index (χ1n) is 8.82. The van der Waals surface area contributed by atoms with Gasteiger partial charge in [0.05, 0.1) is 4.92 Å². The van der Waals surface area contributed by atoms with E-state index in [9.17, 15) is 14.9 Å². The molecule has 0 atom stereocenters. The van der Waals surface area contributed by atoms with Crippen molar-refractivity contribution in [2.24, 2.45) is 0 Å². The minimum Gasteiger partial charge on any atom is -0.363 e. The van der Waals surface area contributed by atoms with Crippen molar-refractivity contribution in [3.63, 3.8) is 0 Å². The summed E-state index contributed by atoms with van der Waals surface area (Å²) in [7, 11) is 0. The highest BCUT2D eigenvalue weighted by atomic mass is 16.6. The predicted molar refractivity (Wildman–Crippen MR) is 93.0 cm³/mol. The molecule has 0 unspecified atom stereocenters. The number of nitro benzene ring substituents is 1. The van der Waals surface area contributed by atoms with E-state index in [1.807, 2.05) is 4.90 Å². The summed E-state index contributed by atoms with van der Waals surface area (Å²) in [5.74, 6) is -0.753. The molecule has 1 aromatic carbocycles. The van der Waals surface area contributed by atoms with E-state index >= 15 is 0 Å². The first-order valence-corrected chi connectivity index (χ1v) is 8.82. The van der Waals surface area contributed by atoms with Gasteiger partial charge in [-0.1, -0.05) is 19.3 Å². The van der Waals surface area contributed by atoms with Crippen LogP contribution in [-0.4, -0.2) is 53.2 Å². The van der Waals surface area contributed by atoms with Crippen LogP contribution >= 0.6 is 0 Å². The van der Waals surface area contributed by atoms with Crippen molar-refractivity contribution in [2.45, 2.75) is 38.1 Å². The molecule has 0 radical (unpaired) electrons. The molecule has 25 heavy (non-hydrogen) atoms. The first kappa shape index (κ1) is 17.6. The van der Waals surface area contributed by atoms with Crippen LogP contribution in [-0.2, 0) is 0 Å². The van der Waals surface area contributed by atoms with E-state index in [1.54, 1.807) is 6.07 Å². The third-order valence-electron chi connectivity index (χ3n) is 5.28. The van der Waals surface area contributed by atoms with E-state index in [-0.39, 0.29) is 11.3 Å². The molecular weight excluding hydrogens is 324 g/mol. The van der Waals surface area contributed by atoms with Crippen LogP contribution in [0.15, 0.2) is 18.2 Å². The molecule has 1 aromatic rings. The summed E-state index contributed by atoms with van der Waals surface area (Å²) in [5.41, 5.74) is 2.00. The van der Waals surface area contributed by atoms with Crippen molar-refractivity contribution in [3.8, 4) is 0 Å². The number of hydroxylamine groups is 1. The van der Waals surface area contributed by atoms with Crippen molar-refractivity contribution in [1.29, 1.82) is 0 Å². The van der Waals surface area contributed by atoms with E-state index in [4.69, 9.17) is 5.21 Å². The molecule has 8 nitrogen and oxygen atoms in total. The molecule has 8 heteroatoms. The van der Waals surface area contributed by atoms with Gasteiger partial charge in [-0.3, -0.25) is 25.0 Å². The number of amides is 1. The van der Waals surface area contributed by atoms with Gasteiger partial charge in [-0.2, -0.15) is 0 Å². The van der Waals surface area contributed by atoms with Crippen molar-refractivity contribution < 1.29 is 14.9 Å². The number of hydrogen-bond acceptors (Lipinski definition) is 6. The summed E-state index contributed by atoms with van der Waals surface area (Å²) in [6.07, 6.45) is 6.43. The monoisotopic (exact) mass is 348 g/mol. The van der Waals surface area contributed by atoms with Gasteiger partial charge >= 0.3 is 0 Å². The predicted octanol–water partition coefficient (Wildman–Crippen LogP) is 2.17. The van der Waals surface area contributed by atoms with Crippen LogP contribution in [0.1, 0.15) is 42.5 Å². The smallest absolute Gasteiger partial charge is 0.293 e. The van der Waals surface area contributed by atoms with E-state index in [0.29, 0.717) is 11.7 Å². The summed E-state index contributed by atoms with van der Waals surface area (Å²) in [6.45, 7) is 3.28. The summed E-state index contributed by atoms with van der Waals surface area (Å²) >= 11 is 0. The number of carbonyl (C=O) groups excluding carboxylic acids is 1. The molecular formula is C17H24N4O4. The number of piperazine rings is 1. The average Bonchev–Trinajstić information content (AvgIpc) is 2.67. The minimum absolute atomic E-state index is 0.0683. The molecule has 3 rings (SSSR count). The zero-order chi connectivity index (χ0) is 17.8. The van der Waals surface area contributed by atoms with Gasteiger partial charge in [0, 0.05) is 43.9 Å². The van der Waals surface area contributed by atoms with Crippen molar-refractivity contribution in [1.82, 2.24) is 10.4 Å². The molecule has 1 saturated carbocycles. The maximum absolute atomic E-state index is 11.5. The van der Waals surface area contributed by atoms with Crippen LogP contribution in [0.2, 0.25) is 0 Å². The molecule has 1 aliphatic carbocycles. The molecule has 1 amide bonds. The number of benzene rings is 1. The van der Waals surface area contributed by atoms with Crippen LogP contribution in [0, 0.1) is 10.1 Å². The van der Waals surface area contributed by atoms with Crippen LogP contribution in [0.5, 0.6) is 0 Å². The van der Waals surface area contributed by atoms with Crippen molar-refractivity contribution in [3.05, 3.63) is 33.9 Å². The van der Waals surface area contributed by atoms with Crippen LogP contribution in [0.4, 0.5) is 11.4 Å². The van der Waals surface area contributed by atoms with Gasteiger partial charge in [0.1, 0.15) is 5.69 Å². The highest BCUT2D eigenvalue weighted by molar-refractivity contribution is 5.95. The number of carbonyl (C=O) groups is 1. The van der Waals surface area contributed by atoms with Gasteiger partial charge in [0.2, 0.25) is 0 Å². The van der Waals surface area contributed by atoms with Gasteiger partial charge < -0.3 is 4.90 Å². The van der Waals surface area contributed by atoms with Gasteiger partial charge in [-0.15, -0.1) is 0 Å². The lowest BCUT2D eigenvalue weighted by Crippen LogP contribution is -2.51. The molecule has 2 aliphatic rings. The molecule has 1 aliphatic heterocycles. The van der Waals surface area contributed by atoms with E-state index in [0.717, 1.165) is 26.2 Å². The Hall–Kier alpha value is -2.19. The Balaban J connectivity index is 1.71. The first-order chi connectivity index (χ1) is 12.1. The molecule has 1 saturated heterocycles. The lowest BCUT2D eigenvalue weighted by Gasteiger charge is -2.41. The summed E-state index contributed by atoms with van der Waals surface area (Å²) in [6, 6.07) is 4.97. The maximum Gasteiger partial charge on any atom is 0.293 e. The Morgan fingerprint density at radius 3 is 2.44 bits per heavy atom. The zero-order valence-corrected chi connectivity index (χ0v) is 14.2. The zero-order valence-electron chi connectivity index (χ0n) is 14.2. The summed E-state index contributed by atoms with van der Waals surface area (Å²) in [5, 5.41) is 20.1. The standard InChI is InChI=1S/C17H24N4O4/c22-17(18-23)13-6-7-15(16(12-13)21(24)25)20-10-8-19(9-11-20)14-4-2-1-3-5-14/h6-7,12,14,23H,1-5,8-11H2,(H,18,22). The second kappa shape index (κ2) is 7.79. The number of nitrogens with zero attached hydrogens (tertiary/aromatic N) is 3. The fourth-order valence-corrected chi connectivity index (χ4v) is 3.92. The Morgan fingerprint density at radius 1 is 1.16 bits per heavy atom. The number of nitro groups is 1.